The summed E-state index contributed by atoms with van der Waals surface area (Å²) in [6.45, 7) is 12.4. The summed E-state index contributed by atoms with van der Waals surface area (Å²) >= 11 is 0. The molecule has 15 heavy (non-hydrogen) atoms. The molecule has 1 rings (SSSR count). The first kappa shape index (κ1) is 13.0. The molecule has 1 fully saturated rings. The summed E-state index contributed by atoms with van der Waals surface area (Å²) in [5.41, 5.74) is 0.421. The average molecular weight is 213 g/mol. The first-order chi connectivity index (χ1) is 6.93. The van der Waals surface area contributed by atoms with Crippen molar-refractivity contribution in [3.63, 3.8) is 0 Å². The lowest BCUT2D eigenvalue weighted by Gasteiger charge is -2.35. The number of rotatable bonds is 4. The highest BCUT2D eigenvalue weighted by Crippen LogP contribution is 2.22. The zero-order valence-electron chi connectivity index (χ0n) is 11.0. The summed E-state index contributed by atoms with van der Waals surface area (Å²) < 4.78 is 5.73. The topological polar surface area (TPSA) is 21.3 Å². The van der Waals surface area contributed by atoms with Gasteiger partial charge < -0.3 is 10.1 Å². The highest BCUT2D eigenvalue weighted by Gasteiger charge is 2.25. The molecule has 0 amide bonds. The van der Waals surface area contributed by atoms with Crippen molar-refractivity contribution in [3.05, 3.63) is 0 Å². The van der Waals surface area contributed by atoms with Crippen LogP contribution in [0.15, 0.2) is 0 Å². The lowest BCUT2D eigenvalue weighted by Crippen LogP contribution is -2.44. The van der Waals surface area contributed by atoms with Crippen molar-refractivity contribution in [1.29, 1.82) is 0 Å². The molecule has 0 saturated carbocycles. The second-order valence-electron chi connectivity index (χ2n) is 5.82. The van der Waals surface area contributed by atoms with E-state index in [-0.39, 0.29) is 0 Å². The Kier molecular flexibility index (Phi) is 4.60. The molecule has 1 N–H and O–H groups in total. The lowest BCUT2D eigenvalue weighted by atomic mass is 9.89. The first-order valence-corrected chi connectivity index (χ1v) is 6.32. The smallest absolute Gasteiger partial charge is 0.0565 e. The lowest BCUT2D eigenvalue weighted by molar-refractivity contribution is -0.0431. The Balaban J connectivity index is 2.32. The highest BCUT2D eigenvalue weighted by molar-refractivity contribution is 4.81. The van der Waals surface area contributed by atoms with Gasteiger partial charge in [-0.15, -0.1) is 0 Å². The van der Waals surface area contributed by atoms with Crippen LogP contribution >= 0.6 is 0 Å². The van der Waals surface area contributed by atoms with Crippen LogP contribution < -0.4 is 5.32 Å². The summed E-state index contributed by atoms with van der Waals surface area (Å²) in [6, 6.07) is 0.648. The molecule has 1 saturated heterocycles. The SMILES string of the molecule is CCC(C)(C)CNC1CC(C)OC(C)C1. The summed E-state index contributed by atoms with van der Waals surface area (Å²) in [5.74, 6) is 0. The van der Waals surface area contributed by atoms with Crippen LogP contribution in [0.4, 0.5) is 0 Å². The van der Waals surface area contributed by atoms with Gasteiger partial charge in [0.25, 0.3) is 0 Å². The molecular formula is C13H27NO. The van der Waals surface area contributed by atoms with Crippen LogP contribution in [0.2, 0.25) is 0 Å². The first-order valence-electron chi connectivity index (χ1n) is 6.32. The zero-order chi connectivity index (χ0) is 11.5. The fourth-order valence-corrected chi connectivity index (χ4v) is 2.12. The molecule has 2 nitrogen and oxygen atoms in total. The van der Waals surface area contributed by atoms with E-state index in [1.807, 2.05) is 0 Å². The van der Waals surface area contributed by atoms with Gasteiger partial charge in [-0.3, -0.25) is 0 Å². The Bertz CT molecular complexity index is 181. The molecule has 0 aromatic carbocycles. The Morgan fingerprint density at radius 1 is 1.20 bits per heavy atom. The van der Waals surface area contributed by atoms with E-state index in [1.165, 1.54) is 6.42 Å². The van der Waals surface area contributed by atoms with Gasteiger partial charge in [0.15, 0.2) is 0 Å². The predicted molar refractivity (Wildman–Crippen MR) is 65.1 cm³/mol. The minimum absolute atomic E-state index is 0.413. The van der Waals surface area contributed by atoms with Crippen molar-refractivity contribution in [2.45, 2.75) is 72.1 Å². The Labute approximate surface area is 94.8 Å². The third-order valence-electron chi connectivity index (χ3n) is 3.52. The number of hydrogen-bond acceptors (Lipinski definition) is 2. The van der Waals surface area contributed by atoms with Gasteiger partial charge in [0, 0.05) is 12.6 Å². The molecule has 2 atom stereocenters. The van der Waals surface area contributed by atoms with Crippen molar-refractivity contribution in [3.8, 4) is 0 Å². The molecule has 0 aromatic rings. The van der Waals surface area contributed by atoms with E-state index in [2.05, 4.69) is 39.9 Å². The minimum atomic E-state index is 0.413. The van der Waals surface area contributed by atoms with E-state index in [0.717, 1.165) is 19.4 Å². The molecule has 2 heteroatoms. The zero-order valence-corrected chi connectivity index (χ0v) is 11.0. The molecular weight excluding hydrogens is 186 g/mol. The summed E-state index contributed by atoms with van der Waals surface area (Å²) in [7, 11) is 0. The molecule has 0 spiro atoms. The summed E-state index contributed by atoms with van der Waals surface area (Å²) in [4.78, 5) is 0. The van der Waals surface area contributed by atoms with E-state index in [1.54, 1.807) is 0 Å². The predicted octanol–water partition coefficient (Wildman–Crippen LogP) is 2.97. The second kappa shape index (κ2) is 5.31. The number of nitrogens with one attached hydrogen (secondary N) is 1. The van der Waals surface area contributed by atoms with Gasteiger partial charge in [-0.1, -0.05) is 20.8 Å². The molecule has 1 aliphatic rings. The van der Waals surface area contributed by atoms with E-state index in [0.29, 0.717) is 23.7 Å². The third kappa shape index (κ3) is 4.52. The quantitative estimate of drug-likeness (QED) is 0.775. The number of ether oxygens (including phenoxy) is 1. The largest absolute Gasteiger partial charge is 0.375 e. The maximum absolute atomic E-state index is 5.73. The fourth-order valence-electron chi connectivity index (χ4n) is 2.12. The fraction of sp³-hybridized carbons (Fsp3) is 1.00. The monoisotopic (exact) mass is 213 g/mol. The molecule has 1 aliphatic heterocycles. The van der Waals surface area contributed by atoms with E-state index in [4.69, 9.17) is 4.74 Å². The summed E-state index contributed by atoms with van der Waals surface area (Å²) in [5, 5.41) is 3.69. The van der Waals surface area contributed by atoms with E-state index in [9.17, 15) is 0 Å². The van der Waals surface area contributed by atoms with Crippen LogP contribution in [-0.4, -0.2) is 24.8 Å². The van der Waals surface area contributed by atoms with Gasteiger partial charge in [0.2, 0.25) is 0 Å². The van der Waals surface area contributed by atoms with Gasteiger partial charge in [-0.05, 0) is 38.5 Å². The molecule has 2 unspecified atom stereocenters. The van der Waals surface area contributed by atoms with Crippen molar-refractivity contribution < 1.29 is 4.74 Å². The normalized spacial score (nSPS) is 33.0. The minimum Gasteiger partial charge on any atom is -0.375 e. The van der Waals surface area contributed by atoms with Crippen molar-refractivity contribution in [2.24, 2.45) is 5.41 Å². The van der Waals surface area contributed by atoms with Gasteiger partial charge in [-0.2, -0.15) is 0 Å². The Hall–Kier alpha value is -0.0800. The van der Waals surface area contributed by atoms with Gasteiger partial charge in [0.05, 0.1) is 12.2 Å². The van der Waals surface area contributed by atoms with Crippen molar-refractivity contribution >= 4 is 0 Å². The Morgan fingerprint density at radius 2 is 1.73 bits per heavy atom. The maximum Gasteiger partial charge on any atom is 0.0565 e. The molecule has 1 heterocycles. The maximum atomic E-state index is 5.73. The standard InChI is InChI=1S/C13H27NO/c1-6-13(4,5)9-14-12-7-10(2)15-11(3)8-12/h10-12,14H,6-9H2,1-5H3. The molecule has 0 radical (unpaired) electrons. The van der Waals surface area contributed by atoms with Crippen LogP contribution in [0.3, 0.4) is 0 Å². The highest BCUT2D eigenvalue weighted by atomic mass is 16.5. The molecule has 90 valence electrons. The van der Waals surface area contributed by atoms with Crippen LogP contribution in [-0.2, 0) is 4.74 Å². The van der Waals surface area contributed by atoms with Gasteiger partial charge in [0.1, 0.15) is 0 Å². The van der Waals surface area contributed by atoms with Crippen LogP contribution in [0.25, 0.3) is 0 Å². The molecule has 0 aliphatic carbocycles. The van der Waals surface area contributed by atoms with Gasteiger partial charge >= 0.3 is 0 Å². The summed E-state index contributed by atoms with van der Waals surface area (Å²) in [6.07, 6.45) is 4.37. The van der Waals surface area contributed by atoms with Crippen molar-refractivity contribution in [2.75, 3.05) is 6.54 Å². The molecule has 0 aromatic heterocycles. The van der Waals surface area contributed by atoms with E-state index < -0.39 is 0 Å². The molecule has 0 bridgehead atoms. The van der Waals surface area contributed by atoms with Crippen LogP contribution in [0, 0.1) is 5.41 Å². The number of hydrogen-bond donors (Lipinski definition) is 1. The van der Waals surface area contributed by atoms with Crippen molar-refractivity contribution in [1.82, 2.24) is 5.32 Å². The third-order valence-corrected chi connectivity index (χ3v) is 3.52. The Morgan fingerprint density at radius 3 is 2.20 bits per heavy atom. The van der Waals surface area contributed by atoms with Crippen LogP contribution in [0.5, 0.6) is 0 Å². The van der Waals surface area contributed by atoms with E-state index >= 15 is 0 Å². The second-order valence-corrected chi connectivity index (χ2v) is 5.82. The van der Waals surface area contributed by atoms with Crippen LogP contribution in [0.1, 0.15) is 53.9 Å². The van der Waals surface area contributed by atoms with Gasteiger partial charge in [-0.25, -0.2) is 0 Å². The average Bonchev–Trinajstić information content (AvgIpc) is 2.14.